The van der Waals surface area contributed by atoms with Crippen LogP contribution in [0.4, 0.5) is 5.69 Å². The fourth-order valence-electron chi connectivity index (χ4n) is 4.14. The van der Waals surface area contributed by atoms with Gasteiger partial charge in [-0.1, -0.05) is 37.5 Å². The smallest absolute Gasteiger partial charge is 0.287 e. The first-order valence-electron chi connectivity index (χ1n) is 10.0. The number of nitrogens with one attached hydrogen (secondary N) is 2. The first-order valence-corrected chi connectivity index (χ1v) is 10.0. The maximum atomic E-state index is 12.8. The number of aryl methyl sites for hydroxylation is 1. The lowest BCUT2D eigenvalue weighted by molar-refractivity contribution is 0.0897. The van der Waals surface area contributed by atoms with Gasteiger partial charge in [-0.3, -0.25) is 10.2 Å². The number of carbonyl (C=O) groups excluding carboxylic acids is 1. The van der Waals surface area contributed by atoms with E-state index in [-0.39, 0.29) is 11.9 Å². The van der Waals surface area contributed by atoms with E-state index >= 15 is 0 Å². The number of carbonyl (C=O) groups is 1. The molecule has 1 fully saturated rings. The molecular weight excluding hydrogens is 338 g/mol. The predicted octanol–water partition coefficient (Wildman–Crippen LogP) is 4.80. The molecule has 2 aliphatic rings. The van der Waals surface area contributed by atoms with E-state index in [4.69, 9.17) is 4.42 Å². The molecule has 0 bridgehead atoms. The first-order chi connectivity index (χ1) is 13.2. The number of rotatable bonds is 4. The Labute approximate surface area is 160 Å². The van der Waals surface area contributed by atoms with Gasteiger partial charge < -0.3 is 9.73 Å². The van der Waals surface area contributed by atoms with Crippen LogP contribution in [0, 0.1) is 6.92 Å². The molecule has 1 aromatic heterocycles. The number of fused-ring (bicyclic) bond motifs is 1. The van der Waals surface area contributed by atoms with Crippen molar-refractivity contribution < 1.29 is 9.21 Å². The Balaban J connectivity index is 1.55. The summed E-state index contributed by atoms with van der Waals surface area (Å²) in [4.78, 5) is 12.8. The topological polar surface area (TPSA) is 66.6 Å². The maximum Gasteiger partial charge on any atom is 0.287 e. The Kier molecular flexibility index (Phi) is 5.28. The van der Waals surface area contributed by atoms with Crippen LogP contribution in [0.2, 0.25) is 0 Å². The van der Waals surface area contributed by atoms with Crippen molar-refractivity contribution in [1.82, 2.24) is 5.32 Å². The van der Waals surface area contributed by atoms with E-state index in [2.05, 4.69) is 15.8 Å². The van der Waals surface area contributed by atoms with E-state index < -0.39 is 0 Å². The van der Waals surface area contributed by atoms with Crippen LogP contribution in [0.25, 0.3) is 0 Å². The van der Waals surface area contributed by atoms with E-state index in [1.54, 1.807) is 0 Å². The van der Waals surface area contributed by atoms with Gasteiger partial charge in [-0.2, -0.15) is 5.10 Å². The number of nitrogens with zero attached hydrogens (tertiary/aromatic N) is 1. The maximum absolute atomic E-state index is 12.8. The van der Waals surface area contributed by atoms with Crippen molar-refractivity contribution in [2.45, 2.75) is 64.3 Å². The van der Waals surface area contributed by atoms with E-state index in [0.29, 0.717) is 5.76 Å². The van der Waals surface area contributed by atoms with Crippen LogP contribution < -0.4 is 10.7 Å². The molecule has 1 amide bonds. The van der Waals surface area contributed by atoms with Gasteiger partial charge in [0.05, 0.1) is 11.4 Å². The number of hydrazone groups is 1. The Morgan fingerprint density at radius 3 is 2.63 bits per heavy atom. The second-order valence-electron chi connectivity index (χ2n) is 7.55. The molecule has 0 saturated heterocycles. The molecule has 142 valence electrons. The third-order valence-corrected chi connectivity index (χ3v) is 5.57. The van der Waals surface area contributed by atoms with Crippen molar-refractivity contribution in [1.29, 1.82) is 0 Å². The Morgan fingerprint density at radius 1 is 1.07 bits per heavy atom. The second-order valence-corrected chi connectivity index (χ2v) is 7.55. The molecule has 0 spiro atoms. The largest absolute Gasteiger partial charge is 0.455 e. The number of benzene rings is 1. The monoisotopic (exact) mass is 365 g/mol. The third kappa shape index (κ3) is 3.92. The molecular formula is C22H27N3O2. The van der Waals surface area contributed by atoms with Crippen molar-refractivity contribution >= 4 is 17.3 Å². The molecule has 1 saturated carbocycles. The number of hydrogen-bond acceptors (Lipinski definition) is 4. The number of furan rings is 1. The Morgan fingerprint density at radius 2 is 1.85 bits per heavy atom. The average molecular weight is 365 g/mol. The number of para-hydroxylation sites is 1. The van der Waals surface area contributed by atoms with Gasteiger partial charge in [-0.15, -0.1) is 0 Å². The minimum Gasteiger partial charge on any atom is -0.455 e. The Bertz CT molecular complexity index is 833. The van der Waals surface area contributed by atoms with Gasteiger partial charge in [-0.25, -0.2) is 0 Å². The van der Waals surface area contributed by atoms with Crippen LogP contribution in [0.1, 0.15) is 72.4 Å². The summed E-state index contributed by atoms with van der Waals surface area (Å²) in [6.07, 6.45) is 8.53. The van der Waals surface area contributed by atoms with E-state index in [9.17, 15) is 4.79 Å². The number of hydrogen-bond donors (Lipinski definition) is 2. The lowest BCUT2D eigenvalue weighted by atomic mass is 9.93. The molecule has 1 aromatic carbocycles. The van der Waals surface area contributed by atoms with Crippen molar-refractivity contribution in [3.05, 3.63) is 53.0 Å². The second kappa shape index (κ2) is 7.99. The predicted molar refractivity (Wildman–Crippen MR) is 107 cm³/mol. The summed E-state index contributed by atoms with van der Waals surface area (Å²) in [5, 5.41) is 7.79. The summed E-state index contributed by atoms with van der Waals surface area (Å²) in [6, 6.07) is 10.2. The molecule has 0 aliphatic heterocycles. The van der Waals surface area contributed by atoms with Gasteiger partial charge in [0, 0.05) is 23.6 Å². The average Bonchev–Trinajstić information content (AvgIpc) is 3.05. The number of amides is 1. The Hall–Kier alpha value is -2.56. The van der Waals surface area contributed by atoms with Crippen molar-refractivity contribution in [2.24, 2.45) is 5.10 Å². The van der Waals surface area contributed by atoms with E-state index in [0.717, 1.165) is 60.4 Å². The zero-order valence-electron chi connectivity index (χ0n) is 15.9. The lowest BCUT2D eigenvalue weighted by Gasteiger charge is -2.22. The normalized spacial score (nSPS) is 18.9. The molecule has 1 heterocycles. The quantitative estimate of drug-likeness (QED) is 0.765. The minimum absolute atomic E-state index is 0.0795. The summed E-state index contributed by atoms with van der Waals surface area (Å²) >= 11 is 0. The molecule has 2 N–H and O–H groups in total. The highest BCUT2D eigenvalue weighted by atomic mass is 16.4. The summed E-state index contributed by atoms with van der Waals surface area (Å²) in [5.41, 5.74) is 6.98. The zero-order valence-corrected chi connectivity index (χ0v) is 15.9. The summed E-state index contributed by atoms with van der Waals surface area (Å²) in [7, 11) is 0. The van der Waals surface area contributed by atoms with Crippen molar-refractivity contribution in [3.8, 4) is 0 Å². The van der Waals surface area contributed by atoms with Crippen LogP contribution in [-0.2, 0) is 6.42 Å². The van der Waals surface area contributed by atoms with Crippen LogP contribution >= 0.6 is 0 Å². The minimum atomic E-state index is -0.0795. The van der Waals surface area contributed by atoms with Crippen molar-refractivity contribution in [3.63, 3.8) is 0 Å². The molecule has 27 heavy (non-hydrogen) atoms. The van der Waals surface area contributed by atoms with Crippen LogP contribution in [-0.4, -0.2) is 17.7 Å². The molecule has 0 unspecified atom stereocenters. The van der Waals surface area contributed by atoms with Gasteiger partial charge in [0.15, 0.2) is 5.76 Å². The van der Waals surface area contributed by atoms with Crippen LogP contribution in [0.5, 0.6) is 0 Å². The fraction of sp³-hybridized carbons (Fsp3) is 0.455. The van der Waals surface area contributed by atoms with Crippen LogP contribution in [0.15, 0.2) is 39.9 Å². The molecule has 5 heteroatoms. The van der Waals surface area contributed by atoms with E-state index in [1.165, 1.54) is 19.3 Å². The molecule has 5 nitrogen and oxygen atoms in total. The van der Waals surface area contributed by atoms with Gasteiger partial charge in [0.25, 0.3) is 5.91 Å². The van der Waals surface area contributed by atoms with E-state index in [1.807, 2.05) is 37.3 Å². The highest BCUT2D eigenvalue weighted by Gasteiger charge is 2.29. The summed E-state index contributed by atoms with van der Waals surface area (Å²) in [6.45, 7) is 1.97. The molecule has 4 rings (SSSR count). The standard InChI is InChI=1S/C22H27N3O2/c1-15-20-18(25-24-17-11-6-3-7-12-17)13-8-14-19(20)27-21(15)22(26)23-16-9-4-2-5-10-16/h3,6-7,11-12,16,24H,2,4-5,8-10,13-14H2,1H3,(H,23,26)/b25-18+. The number of anilines is 1. The highest BCUT2D eigenvalue weighted by Crippen LogP contribution is 2.30. The molecule has 0 radical (unpaired) electrons. The van der Waals surface area contributed by atoms with Gasteiger partial charge >= 0.3 is 0 Å². The summed E-state index contributed by atoms with van der Waals surface area (Å²) < 4.78 is 6.00. The molecule has 0 atom stereocenters. The first kappa shape index (κ1) is 17.8. The van der Waals surface area contributed by atoms with Gasteiger partial charge in [0.1, 0.15) is 5.76 Å². The van der Waals surface area contributed by atoms with Gasteiger partial charge in [-0.05, 0) is 44.7 Å². The summed E-state index contributed by atoms with van der Waals surface area (Å²) in [5.74, 6) is 1.27. The lowest BCUT2D eigenvalue weighted by Crippen LogP contribution is -2.36. The fourth-order valence-corrected chi connectivity index (χ4v) is 4.14. The molecule has 2 aliphatic carbocycles. The third-order valence-electron chi connectivity index (χ3n) is 5.57. The van der Waals surface area contributed by atoms with Gasteiger partial charge in [0.2, 0.25) is 0 Å². The SMILES string of the molecule is Cc1c(C(=O)NC2CCCCC2)oc2c1/C(=N/Nc1ccccc1)CCC2. The zero-order chi connectivity index (χ0) is 18.6. The van der Waals surface area contributed by atoms with Crippen LogP contribution in [0.3, 0.4) is 0 Å². The molecule has 2 aromatic rings. The van der Waals surface area contributed by atoms with Crippen molar-refractivity contribution in [2.75, 3.05) is 5.43 Å². The highest BCUT2D eigenvalue weighted by molar-refractivity contribution is 6.06.